The molecular weight excluding hydrogens is 252 g/mol. The van der Waals surface area contributed by atoms with Crippen LogP contribution in [0.5, 0.6) is 5.88 Å². The molecule has 0 bridgehead atoms. The lowest BCUT2D eigenvalue weighted by molar-refractivity contribution is 0.397. The summed E-state index contributed by atoms with van der Waals surface area (Å²) in [5.74, 6) is 1.28. The van der Waals surface area contributed by atoms with Crippen molar-refractivity contribution in [3.05, 3.63) is 29.4 Å². The van der Waals surface area contributed by atoms with E-state index in [1.54, 1.807) is 25.6 Å². The molecule has 2 aromatic rings. The monoisotopic (exact) mass is 264 g/mol. The molecule has 0 aliphatic rings. The van der Waals surface area contributed by atoms with E-state index in [-0.39, 0.29) is 5.92 Å². The topological polar surface area (TPSA) is 60.8 Å². The van der Waals surface area contributed by atoms with Crippen LogP contribution in [-0.2, 0) is 0 Å². The van der Waals surface area contributed by atoms with Crippen molar-refractivity contribution >= 4 is 11.6 Å². The van der Waals surface area contributed by atoms with Crippen LogP contribution in [0.2, 0.25) is 5.15 Å². The lowest BCUT2D eigenvalue weighted by atomic mass is 10.2. The molecule has 2 rings (SSSR count). The van der Waals surface area contributed by atoms with Crippen LogP contribution in [0.3, 0.4) is 0 Å². The first-order valence-corrected chi connectivity index (χ1v) is 5.89. The second-order valence-electron chi connectivity index (χ2n) is 4.00. The lowest BCUT2D eigenvalue weighted by Gasteiger charge is -2.08. The van der Waals surface area contributed by atoms with Crippen LogP contribution in [0.4, 0.5) is 0 Å². The fraction of sp³-hybridized carbons (Fsp3) is 0.333. The van der Waals surface area contributed by atoms with E-state index >= 15 is 0 Å². The Morgan fingerprint density at radius 3 is 2.56 bits per heavy atom. The van der Waals surface area contributed by atoms with Crippen molar-refractivity contribution in [2.45, 2.75) is 19.8 Å². The summed E-state index contributed by atoms with van der Waals surface area (Å²) in [6.45, 7) is 4.01. The van der Waals surface area contributed by atoms with Crippen molar-refractivity contribution in [3.8, 4) is 17.3 Å². The zero-order chi connectivity index (χ0) is 13.1. The molecule has 5 nitrogen and oxygen atoms in total. The predicted octanol–water partition coefficient (Wildman–Crippen LogP) is 2.72. The van der Waals surface area contributed by atoms with Gasteiger partial charge in [0.25, 0.3) is 0 Å². The smallest absolute Gasteiger partial charge is 0.241 e. The van der Waals surface area contributed by atoms with Crippen LogP contribution < -0.4 is 4.74 Å². The van der Waals surface area contributed by atoms with E-state index in [1.807, 2.05) is 13.8 Å². The molecule has 2 aromatic heterocycles. The summed E-state index contributed by atoms with van der Waals surface area (Å²) in [5, 5.41) is 0.386. The van der Waals surface area contributed by atoms with Gasteiger partial charge in [0.15, 0.2) is 5.69 Å². The Hall–Kier alpha value is -1.75. The fourth-order valence-electron chi connectivity index (χ4n) is 1.47. The highest BCUT2D eigenvalue weighted by atomic mass is 35.5. The summed E-state index contributed by atoms with van der Waals surface area (Å²) in [6, 6.07) is 1.65. The molecule has 0 saturated heterocycles. The summed E-state index contributed by atoms with van der Waals surface area (Å²) in [4.78, 5) is 16.9. The fourth-order valence-corrected chi connectivity index (χ4v) is 1.65. The van der Waals surface area contributed by atoms with E-state index < -0.39 is 0 Å². The number of nitrogens with zero attached hydrogens (tertiary/aromatic N) is 4. The molecule has 6 heteroatoms. The van der Waals surface area contributed by atoms with Crippen LogP contribution in [0.25, 0.3) is 11.4 Å². The number of methoxy groups -OCH3 is 1. The molecule has 0 saturated carbocycles. The van der Waals surface area contributed by atoms with Gasteiger partial charge >= 0.3 is 0 Å². The second kappa shape index (κ2) is 5.27. The average Bonchev–Trinajstić information content (AvgIpc) is 2.38. The van der Waals surface area contributed by atoms with Gasteiger partial charge in [-0.3, -0.25) is 0 Å². The highest BCUT2D eigenvalue weighted by molar-refractivity contribution is 6.29. The normalized spacial score (nSPS) is 10.7. The van der Waals surface area contributed by atoms with Gasteiger partial charge in [-0.2, -0.15) is 0 Å². The van der Waals surface area contributed by atoms with E-state index in [4.69, 9.17) is 16.3 Å². The van der Waals surface area contributed by atoms with E-state index in [0.29, 0.717) is 28.2 Å². The van der Waals surface area contributed by atoms with Crippen LogP contribution in [-0.4, -0.2) is 27.0 Å². The zero-order valence-corrected chi connectivity index (χ0v) is 11.1. The first kappa shape index (κ1) is 12.7. The Labute approximate surface area is 110 Å². The predicted molar refractivity (Wildman–Crippen MR) is 68.7 cm³/mol. The molecule has 0 aliphatic carbocycles. The number of aromatic nitrogens is 4. The van der Waals surface area contributed by atoms with E-state index in [9.17, 15) is 0 Å². The summed E-state index contributed by atoms with van der Waals surface area (Å²) >= 11 is 6.00. The molecule has 2 heterocycles. The maximum atomic E-state index is 6.00. The third-order valence-electron chi connectivity index (χ3n) is 2.33. The molecule has 0 spiro atoms. The van der Waals surface area contributed by atoms with Gasteiger partial charge in [-0.05, 0) is 0 Å². The quantitative estimate of drug-likeness (QED) is 0.798. The molecule has 94 valence electrons. The van der Waals surface area contributed by atoms with E-state index in [0.717, 1.165) is 0 Å². The van der Waals surface area contributed by atoms with Gasteiger partial charge in [-0.25, -0.2) is 19.9 Å². The molecule has 0 amide bonds. The Morgan fingerprint density at radius 1 is 1.17 bits per heavy atom. The third-order valence-corrected chi connectivity index (χ3v) is 2.52. The van der Waals surface area contributed by atoms with Gasteiger partial charge in [-0.1, -0.05) is 25.4 Å². The molecule has 18 heavy (non-hydrogen) atoms. The molecule has 0 N–H and O–H groups in total. The van der Waals surface area contributed by atoms with Gasteiger partial charge in [-0.15, -0.1) is 0 Å². The minimum Gasteiger partial charge on any atom is -0.479 e. The van der Waals surface area contributed by atoms with Gasteiger partial charge < -0.3 is 4.74 Å². The van der Waals surface area contributed by atoms with E-state index in [2.05, 4.69) is 19.9 Å². The van der Waals surface area contributed by atoms with Gasteiger partial charge in [0.05, 0.1) is 12.8 Å². The average molecular weight is 265 g/mol. The van der Waals surface area contributed by atoms with Crippen molar-refractivity contribution < 1.29 is 4.74 Å². The number of rotatable bonds is 3. The molecular formula is C12H13ClN4O. The third kappa shape index (κ3) is 2.56. The summed E-state index contributed by atoms with van der Waals surface area (Å²) in [7, 11) is 1.54. The molecule has 0 aliphatic heterocycles. The van der Waals surface area contributed by atoms with Crippen molar-refractivity contribution in [1.82, 2.24) is 19.9 Å². The van der Waals surface area contributed by atoms with Gasteiger partial charge in [0.2, 0.25) is 5.88 Å². The molecule has 0 fully saturated rings. The number of hydrogen-bond acceptors (Lipinski definition) is 5. The van der Waals surface area contributed by atoms with E-state index in [1.165, 1.54) is 0 Å². The number of hydrogen-bond donors (Lipinski definition) is 0. The standard InChI is InChI=1S/C12H13ClN4O/c1-7(2)11-16-8(6-9(13)17-11)10-12(18-3)15-5-4-14-10/h4-7H,1-3H3. The Balaban J connectivity index is 2.56. The SMILES string of the molecule is COc1nccnc1-c1cc(Cl)nc(C(C)C)n1. The van der Waals surface area contributed by atoms with Crippen LogP contribution in [0.15, 0.2) is 18.5 Å². The van der Waals surface area contributed by atoms with Crippen molar-refractivity contribution in [3.63, 3.8) is 0 Å². The molecule has 0 atom stereocenters. The van der Waals surface area contributed by atoms with Crippen molar-refractivity contribution in [1.29, 1.82) is 0 Å². The number of halogens is 1. The van der Waals surface area contributed by atoms with Crippen LogP contribution in [0.1, 0.15) is 25.6 Å². The van der Waals surface area contributed by atoms with Crippen molar-refractivity contribution in [2.75, 3.05) is 7.11 Å². The van der Waals surface area contributed by atoms with Crippen LogP contribution >= 0.6 is 11.6 Å². The Bertz CT molecular complexity index is 560. The highest BCUT2D eigenvalue weighted by Gasteiger charge is 2.13. The maximum Gasteiger partial charge on any atom is 0.241 e. The van der Waals surface area contributed by atoms with Gasteiger partial charge in [0, 0.05) is 24.4 Å². The second-order valence-corrected chi connectivity index (χ2v) is 4.39. The molecule has 0 unspecified atom stereocenters. The minimum atomic E-state index is 0.185. The largest absolute Gasteiger partial charge is 0.479 e. The minimum absolute atomic E-state index is 0.185. The maximum absolute atomic E-state index is 6.00. The Kier molecular flexibility index (Phi) is 3.72. The van der Waals surface area contributed by atoms with Crippen molar-refractivity contribution in [2.24, 2.45) is 0 Å². The highest BCUT2D eigenvalue weighted by Crippen LogP contribution is 2.26. The Morgan fingerprint density at radius 2 is 1.89 bits per heavy atom. The first-order chi connectivity index (χ1) is 8.61. The summed E-state index contributed by atoms with van der Waals surface area (Å²) in [6.07, 6.45) is 3.15. The summed E-state index contributed by atoms with van der Waals surface area (Å²) < 4.78 is 5.16. The van der Waals surface area contributed by atoms with Gasteiger partial charge in [0.1, 0.15) is 11.0 Å². The zero-order valence-electron chi connectivity index (χ0n) is 10.4. The lowest BCUT2D eigenvalue weighted by Crippen LogP contribution is -2.02. The first-order valence-electron chi connectivity index (χ1n) is 5.51. The molecule has 0 aromatic carbocycles. The summed E-state index contributed by atoms with van der Waals surface area (Å²) in [5.41, 5.74) is 1.18. The number of ether oxygens (including phenoxy) is 1. The van der Waals surface area contributed by atoms with Crippen LogP contribution in [0, 0.1) is 0 Å². The molecule has 0 radical (unpaired) electrons.